The van der Waals surface area contributed by atoms with Gasteiger partial charge in [-0.1, -0.05) is 42.5 Å². The molecule has 0 atom stereocenters. The van der Waals surface area contributed by atoms with E-state index in [0.29, 0.717) is 40.5 Å². The van der Waals surface area contributed by atoms with Gasteiger partial charge in [-0.25, -0.2) is 0 Å². The Hall–Kier alpha value is -3.60. The van der Waals surface area contributed by atoms with Crippen molar-refractivity contribution in [3.05, 3.63) is 89.5 Å². The Morgan fingerprint density at radius 2 is 1.57 bits per heavy atom. The lowest BCUT2D eigenvalue weighted by Gasteiger charge is -2.12. The largest absolute Gasteiger partial charge is 0.493 e. The minimum Gasteiger partial charge on any atom is -0.493 e. The Morgan fingerprint density at radius 3 is 2.29 bits per heavy atom. The highest BCUT2D eigenvalue weighted by Crippen LogP contribution is 2.28. The first-order valence-electron chi connectivity index (χ1n) is 8.94. The highest BCUT2D eigenvalue weighted by Gasteiger charge is 2.13. The second kappa shape index (κ2) is 8.86. The van der Waals surface area contributed by atoms with Crippen molar-refractivity contribution in [1.29, 1.82) is 0 Å². The number of ketones is 1. The van der Waals surface area contributed by atoms with E-state index in [1.165, 1.54) is 0 Å². The van der Waals surface area contributed by atoms with E-state index < -0.39 is 0 Å². The number of amides is 1. The van der Waals surface area contributed by atoms with Gasteiger partial charge >= 0.3 is 0 Å². The van der Waals surface area contributed by atoms with Crippen LogP contribution in [0.1, 0.15) is 33.2 Å². The molecule has 0 heterocycles. The van der Waals surface area contributed by atoms with Crippen molar-refractivity contribution >= 4 is 17.4 Å². The van der Waals surface area contributed by atoms with E-state index in [0.717, 1.165) is 0 Å². The first kappa shape index (κ1) is 19.2. The molecule has 142 valence electrons. The SMILES string of the molecule is CCOc1cc(C(=O)Nc2cccc(C(=O)c3ccccc3)c2)ccc1OC. The summed E-state index contributed by atoms with van der Waals surface area (Å²) < 4.78 is 10.8. The van der Waals surface area contributed by atoms with E-state index in [9.17, 15) is 9.59 Å². The predicted molar refractivity (Wildman–Crippen MR) is 108 cm³/mol. The summed E-state index contributed by atoms with van der Waals surface area (Å²) in [4.78, 5) is 25.2. The zero-order valence-electron chi connectivity index (χ0n) is 15.8. The molecule has 0 radical (unpaired) electrons. The van der Waals surface area contributed by atoms with Crippen molar-refractivity contribution in [2.24, 2.45) is 0 Å². The molecule has 0 aliphatic carbocycles. The zero-order chi connectivity index (χ0) is 19.9. The monoisotopic (exact) mass is 375 g/mol. The lowest BCUT2D eigenvalue weighted by molar-refractivity contribution is 0.102. The van der Waals surface area contributed by atoms with Crippen molar-refractivity contribution in [3.63, 3.8) is 0 Å². The fraction of sp³-hybridized carbons (Fsp3) is 0.130. The van der Waals surface area contributed by atoms with Gasteiger partial charge in [0.05, 0.1) is 13.7 Å². The van der Waals surface area contributed by atoms with Crippen LogP contribution in [0.5, 0.6) is 11.5 Å². The quantitative estimate of drug-likeness (QED) is 0.614. The van der Waals surface area contributed by atoms with E-state index >= 15 is 0 Å². The molecule has 0 bridgehead atoms. The Morgan fingerprint density at radius 1 is 0.821 bits per heavy atom. The smallest absolute Gasteiger partial charge is 0.255 e. The molecule has 3 aromatic rings. The molecule has 0 aliphatic heterocycles. The van der Waals surface area contributed by atoms with E-state index in [1.807, 2.05) is 25.1 Å². The van der Waals surface area contributed by atoms with Crippen LogP contribution in [0.2, 0.25) is 0 Å². The number of methoxy groups -OCH3 is 1. The van der Waals surface area contributed by atoms with Crippen molar-refractivity contribution in [1.82, 2.24) is 0 Å². The van der Waals surface area contributed by atoms with Gasteiger partial charge in [-0.15, -0.1) is 0 Å². The van der Waals surface area contributed by atoms with E-state index in [2.05, 4.69) is 5.32 Å². The number of benzene rings is 3. The summed E-state index contributed by atoms with van der Waals surface area (Å²) in [5, 5.41) is 2.82. The Kier molecular flexibility index (Phi) is 6.07. The summed E-state index contributed by atoms with van der Waals surface area (Å²) in [6.45, 7) is 2.33. The second-order valence-corrected chi connectivity index (χ2v) is 6.03. The van der Waals surface area contributed by atoms with Gasteiger partial charge in [0.1, 0.15) is 0 Å². The fourth-order valence-corrected chi connectivity index (χ4v) is 2.78. The van der Waals surface area contributed by atoms with Gasteiger partial charge in [0.25, 0.3) is 5.91 Å². The summed E-state index contributed by atoms with van der Waals surface area (Å²) >= 11 is 0. The zero-order valence-corrected chi connectivity index (χ0v) is 15.8. The van der Waals surface area contributed by atoms with Crippen LogP contribution in [-0.2, 0) is 0 Å². The predicted octanol–water partition coefficient (Wildman–Crippen LogP) is 4.58. The second-order valence-electron chi connectivity index (χ2n) is 6.03. The highest BCUT2D eigenvalue weighted by atomic mass is 16.5. The van der Waals surface area contributed by atoms with Gasteiger partial charge in [0, 0.05) is 22.4 Å². The summed E-state index contributed by atoms with van der Waals surface area (Å²) in [5.74, 6) is 0.673. The standard InChI is InChI=1S/C23H21NO4/c1-3-28-21-15-18(12-13-20(21)27-2)23(26)24-19-11-7-10-17(14-19)22(25)16-8-5-4-6-9-16/h4-15H,3H2,1-2H3,(H,24,26). The highest BCUT2D eigenvalue weighted by molar-refractivity contribution is 6.10. The third-order valence-corrected chi connectivity index (χ3v) is 4.14. The number of rotatable bonds is 7. The molecule has 28 heavy (non-hydrogen) atoms. The minimum absolute atomic E-state index is 0.0974. The van der Waals surface area contributed by atoms with E-state index in [-0.39, 0.29) is 11.7 Å². The Balaban J connectivity index is 1.80. The lowest BCUT2D eigenvalue weighted by Crippen LogP contribution is -2.13. The van der Waals surface area contributed by atoms with Crippen LogP contribution >= 0.6 is 0 Å². The van der Waals surface area contributed by atoms with Crippen LogP contribution in [0, 0.1) is 0 Å². The summed E-state index contributed by atoms with van der Waals surface area (Å²) in [6.07, 6.45) is 0. The van der Waals surface area contributed by atoms with Crippen LogP contribution < -0.4 is 14.8 Å². The number of ether oxygens (including phenoxy) is 2. The van der Waals surface area contributed by atoms with Crippen molar-refractivity contribution < 1.29 is 19.1 Å². The number of hydrogen-bond donors (Lipinski definition) is 1. The maximum Gasteiger partial charge on any atom is 0.255 e. The summed E-state index contributed by atoms with van der Waals surface area (Å²) in [7, 11) is 1.55. The first-order valence-corrected chi connectivity index (χ1v) is 8.94. The van der Waals surface area contributed by atoms with Gasteiger partial charge in [-0.2, -0.15) is 0 Å². The van der Waals surface area contributed by atoms with Gasteiger partial charge in [0.2, 0.25) is 0 Å². The van der Waals surface area contributed by atoms with Crippen molar-refractivity contribution in [2.75, 3.05) is 19.0 Å². The third kappa shape index (κ3) is 4.38. The van der Waals surface area contributed by atoms with Crippen LogP contribution in [0.4, 0.5) is 5.69 Å². The van der Waals surface area contributed by atoms with Gasteiger partial charge < -0.3 is 14.8 Å². The summed E-state index contributed by atoms with van der Waals surface area (Å²) in [5.41, 5.74) is 2.08. The molecule has 5 nitrogen and oxygen atoms in total. The third-order valence-electron chi connectivity index (χ3n) is 4.14. The van der Waals surface area contributed by atoms with E-state index in [1.54, 1.807) is 61.7 Å². The molecule has 0 fully saturated rings. The van der Waals surface area contributed by atoms with E-state index in [4.69, 9.17) is 9.47 Å². The number of hydrogen-bond acceptors (Lipinski definition) is 4. The minimum atomic E-state index is -0.298. The van der Waals surface area contributed by atoms with Crippen LogP contribution in [0.15, 0.2) is 72.8 Å². The molecule has 0 spiro atoms. The Bertz CT molecular complexity index is 983. The normalized spacial score (nSPS) is 10.2. The number of anilines is 1. The molecule has 0 saturated heterocycles. The molecule has 0 aromatic heterocycles. The van der Waals surface area contributed by atoms with Crippen LogP contribution in [0.25, 0.3) is 0 Å². The topological polar surface area (TPSA) is 64.6 Å². The van der Waals surface area contributed by atoms with Crippen molar-refractivity contribution in [2.45, 2.75) is 6.92 Å². The maximum absolute atomic E-state index is 12.6. The first-order chi connectivity index (χ1) is 13.6. The van der Waals surface area contributed by atoms with Crippen LogP contribution in [-0.4, -0.2) is 25.4 Å². The average Bonchev–Trinajstić information content (AvgIpc) is 2.74. The van der Waals surface area contributed by atoms with Gasteiger partial charge in [-0.3, -0.25) is 9.59 Å². The molecule has 1 amide bonds. The molecule has 3 rings (SSSR count). The molecule has 1 N–H and O–H groups in total. The number of carbonyl (C=O) groups is 2. The molecule has 0 aliphatic rings. The molecule has 3 aromatic carbocycles. The molecular weight excluding hydrogens is 354 g/mol. The molecule has 5 heteroatoms. The van der Waals surface area contributed by atoms with Gasteiger partial charge in [-0.05, 0) is 37.3 Å². The lowest BCUT2D eigenvalue weighted by atomic mass is 10.0. The van der Waals surface area contributed by atoms with Crippen molar-refractivity contribution in [3.8, 4) is 11.5 Å². The molecule has 0 saturated carbocycles. The Labute approximate surface area is 163 Å². The maximum atomic E-state index is 12.6. The average molecular weight is 375 g/mol. The fourth-order valence-electron chi connectivity index (χ4n) is 2.78. The van der Waals surface area contributed by atoms with Gasteiger partial charge in [0.15, 0.2) is 17.3 Å². The van der Waals surface area contributed by atoms with Crippen LogP contribution in [0.3, 0.4) is 0 Å². The number of nitrogens with one attached hydrogen (secondary N) is 1. The molecule has 0 unspecified atom stereocenters. The molecular formula is C23H21NO4. The summed E-state index contributed by atoms with van der Waals surface area (Å²) in [6, 6.07) is 20.9. The number of carbonyl (C=O) groups excluding carboxylic acids is 2.